The molecule has 0 saturated carbocycles. The number of anilines is 6. The van der Waals surface area contributed by atoms with E-state index in [0.717, 1.165) is 25.7 Å². The first-order valence-electron chi connectivity index (χ1n) is 27.2. The lowest BCUT2D eigenvalue weighted by atomic mass is 9.33. The molecular weight excluding hydrogens is 868 g/mol. The lowest BCUT2D eigenvalue weighted by molar-refractivity contribution is 0.717. The number of benzene rings is 9. The summed E-state index contributed by atoms with van der Waals surface area (Å²) < 4.78 is 0. The Hall–Kier alpha value is -7.36. The second kappa shape index (κ2) is 21.6. The van der Waals surface area contributed by atoms with Crippen molar-refractivity contribution < 1.29 is 0 Å². The molecule has 0 atom stereocenters. The molecule has 2 nitrogen and oxygen atoms in total. The predicted octanol–water partition coefficient (Wildman–Crippen LogP) is 17.6. The van der Waals surface area contributed by atoms with Gasteiger partial charge in [0.05, 0.1) is 11.4 Å². The minimum atomic E-state index is 0.0163. The van der Waals surface area contributed by atoms with Gasteiger partial charge in [-0.2, -0.15) is 0 Å². The van der Waals surface area contributed by atoms with E-state index < -0.39 is 0 Å². The van der Waals surface area contributed by atoms with Gasteiger partial charge in [-0.15, -0.1) is 0 Å². The maximum Gasteiger partial charge on any atom is 0.252 e. The van der Waals surface area contributed by atoms with E-state index >= 15 is 0 Å². The molecule has 0 amide bonds. The van der Waals surface area contributed by atoms with Gasteiger partial charge in [-0.1, -0.05) is 241 Å². The maximum absolute atomic E-state index is 2.71. The van der Waals surface area contributed by atoms with E-state index in [1.54, 1.807) is 0 Å². The first kappa shape index (κ1) is 47.0. The Morgan fingerprint density at radius 1 is 0.306 bits per heavy atom. The standard InChI is InChI=1S/C69H67BN2/c1-4-7-14-27-50-42-44-63-61(46-50)70-62-47-51(28-15-8-5-2)43-45-64(62)72(69-59(55-34-21-12-22-35-55)40-26-41-60(69)56-36-23-13-24-37-56)66-49-52(29-16-9-6-3)48-65(67(66)70)71(63)68-57(53-30-17-10-18-31-53)38-25-39-58(68)54-32-19-11-20-33-54/h10-13,17-26,30-49H,4-9,14-16,27-29H2,1-3H3. The summed E-state index contributed by atoms with van der Waals surface area (Å²) >= 11 is 0. The van der Waals surface area contributed by atoms with Crippen LogP contribution in [0, 0.1) is 0 Å². The number of unbranched alkanes of at least 4 members (excludes halogenated alkanes) is 6. The van der Waals surface area contributed by atoms with E-state index in [0.29, 0.717) is 0 Å². The van der Waals surface area contributed by atoms with Crippen molar-refractivity contribution in [2.75, 3.05) is 9.80 Å². The van der Waals surface area contributed by atoms with Crippen molar-refractivity contribution in [3.05, 3.63) is 223 Å². The van der Waals surface area contributed by atoms with Crippen LogP contribution in [0.2, 0.25) is 0 Å². The Balaban J connectivity index is 1.29. The van der Waals surface area contributed by atoms with Crippen LogP contribution in [0.4, 0.5) is 34.1 Å². The quantitative estimate of drug-likeness (QED) is 0.0625. The highest BCUT2D eigenvalue weighted by atomic mass is 15.2. The third-order valence-corrected chi connectivity index (χ3v) is 15.3. The number of rotatable bonds is 18. The van der Waals surface area contributed by atoms with Crippen LogP contribution in [-0.4, -0.2) is 6.71 Å². The smallest absolute Gasteiger partial charge is 0.252 e. The van der Waals surface area contributed by atoms with Gasteiger partial charge in [0.15, 0.2) is 0 Å². The summed E-state index contributed by atoms with van der Waals surface area (Å²) in [6, 6.07) is 78.7. The molecule has 0 bridgehead atoms. The fourth-order valence-electron chi connectivity index (χ4n) is 11.8. The molecule has 0 radical (unpaired) electrons. The van der Waals surface area contributed by atoms with Crippen molar-refractivity contribution in [1.82, 2.24) is 0 Å². The fourth-order valence-corrected chi connectivity index (χ4v) is 11.8. The molecule has 0 unspecified atom stereocenters. The zero-order valence-electron chi connectivity index (χ0n) is 42.6. The van der Waals surface area contributed by atoms with E-state index in [-0.39, 0.29) is 6.71 Å². The normalized spacial score (nSPS) is 12.4. The van der Waals surface area contributed by atoms with Gasteiger partial charge in [0.2, 0.25) is 0 Å². The highest BCUT2D eigenvalue weighted by Gasteiger charge is 2.45. The van der Waals surface area contributed by atoms with E-state index in [4.69, 9.17) is 0 Å². The Labute approximate surface area is 430 Å². The molecule has 2 heterocycles. The van der Waals surface area contributed by atoms with Crippen molar-refractivity contribution in [3.63, 3.8) is 0 Å². The van der Waals surface area contributed by atoms with Crippen LogP contribution in [-0.2, 0) is 19.3 Å². The molecular formula is C69H67BN2. The summed E-state index contributed by atoms with van der Waals surface area (Å²) in [5, 5.41) is 0. The monoisotopic (exact) mass is 935 g/mol. The van der Waals surface area contributed by atoms with Gasteiger partial charge in [-0.25, -0.2) is 0 Å². The Kier molecular flexibility index (Phi) is 14.1. The minimum absolute atomic E-state index is 0.0163. The Morgan fingerprint density at radius 3 is 0.972 bits per heavy atom. The second-order valence-corrected chi connectivity index (χ2v) is 20.2. The van der Waals surface area contributed by atoms with E-state index in [1.807, 2.05) is 0 Å². The third-order valence-electron chi connectivity index (χ3n) is 15.3. The minimum Gasteiger partial charge on any atom is -0.310 e. The Morgan fingerprint density at radius 2 is 0.639 bits per heavy atom. The van der Waals surface area contributed by atoms with Crippen molar-refractivity contribution in [2.24, 2.45) is 0 Å². The molecule has 0 spiro atoms. The van der Waals surface area contributed by atoms with Gasteiger partial charge in [0.1, 0.15) is 0 Å². The number of aryl methyl sites for hydroxylation is 3. The van der Waals surface area contributed by atoms with Crippen LogP contribution >= 0.6 is 0 Å². The molecule has 0 aliphatic carbocycles. The summed E-state index contributed by atoms with van der Waals surface area (Å²) in [7, 11) is 0. The third kappa shape index (κ3) is 9.11. The molecule has 2 aliphatic heterocycles. The summed E-state index contributed by atoms with van der Waals surface area (Å²) in [5.74, 6) is 0. The fraction of sp³-hybridized carbons (Fsp3) is 0.217. The van der Waals surface area contributed by atoms with Gasteiger partial charge in [0.25, 0.3) is 6.71 Å². The molecule has 0 saturated heterocycles. The molecule has 9 aromatic rings. The van der Waals surface area contributed by atoms with E-state index in [9.17, 15) is 0 Å². The zero-order valence-corrected chi connectivity index (χ0v) is 42.6. The first-order chi connectivity index (χ1) is 35.6. The van der Waals surface area contributed by atoms with Crippen LogP contribution in [0.15, 0.2) is 206 Å². The molecule has 2 aliphatic rings. The van der Waals surface area contributed by atoms with Gasteiger partial charge < -0.3 is 9.80 Å². The number of nitrogens with zero attached hydrogens (tertiary/aromatic N) is 2. The summed E-state index contributed by atoms with van der Waals surface area (Å²) in [4.78, 5) is 5.42. The Bertz CT molecular complexity index is 2960. The van der Waals surface area contributed by atoms with Gasteiger partial charge in [0, 0.05) is 45.0 Å². The average molecular weight is 935 g/mol. The molecule has 0 aromatic heterocycles. The summed E-state index contributed by atoms with van der Waals surface area (Å²) in [6.07, 6.45) is 13.9. The first-order valence-corrected chi connectivity index (χ1v) is 27.2. The van der Waals surface area contributed by atoms with Gasteiger partial charge >= 0.3 is 0 Å². The van der Waals surface area contributed by atoms with Crippen LogP contribution in [0.5, 0.6) is 0 Å². The molecule has 9 aromatic carbocycles. The molecule has 11 rings (SSSR count). The largest absolute Gasteiger partial charge is 0.310 e. The SMILES string of the molecule is CCCCCc1ccc2c(c1)B1c3cc(CCCCC)ccc3N(c3c(-c4ccccc4)cccc3-c3ccccc3)c3cc(CCCCC)cc(c31)N2c1c(-c2ccccc2)cccc1-c1ccccc1. The molecule has 72 heavy (non-hydrogen) atoms. The number of fused-ring (bicyclic) bond motifs is 4. The topological polar surface area (TPSA) is 6.48 Å². The van der Waals surface area contributed by atoms with E-state index in [2.05, 4.69) is 237 Å². The highest BCUT2D eigenvalue weighted by molar-refractivity contribution is 7.00. The van der Waals surface area contributed by atoms with Gasteiger partial charge in [-0.05, 0) is 118 Å². The number of hydrogen-bond donors (Lipinski definition) is 0. The van der Waals surface area contributed by atoms with Crippen LogP contribution in [0.25, 0.3) is 44.5 Å². The number of para-hydroxylation sites is 2. The molecule has 356 valence electrons. The van der Waals surface area contributed by atoms with Crippen molar-refractivity contribution in [1.29, 1.82) is 0 Å². The number of hydrogen-bond acceptors (Lipinski definition) is 2. The second-order valence-electron chi connectivity index (χ2n) is 20.2. The molecule has 0 N–H and O–H groups in total. The predicted molar refractivity (Wildman–Crippen MR) is 312 cm³/mol. The van der Waals surface area contributed by atoms with Crippen LogP contribution < -0.4 is 26.2 Å². The lowest BCUT2D eigenvalue weighted by Gasteiger charge is -2.46. The summed E-state index contributed by atoms with van der Waals surface area (Å²) in [5.41, 5.74) is 25.7. The molecule has 0 fully saturated rings. The highest BCUT2D eigenvalue weighted by Crippen LogP contribution is 2.53. The maximum atomic E-state index is 2.71. The van der Waals surface area contributed by atoms with Gasteiger partial charge in [-0.3, -0.25) is 0 Å². The van der Waals surface area contributed by atoms with E-state index in [1.165, 1.54) is 163 Å². The van der Waals surface area contributed by atoms with Crippen molar-refractivity contribution >= 4 is 57.2 Å². The average Bonchev–Trinajstić information content (AvgIpc) is 3.44. The van der Waals surface area contributed by atoms with Crippen LogP contribution in [0.1, 0.15) is 95.2 Å². The van der Waals surface area contributed by atoms with Crippen molar-refractivity contribution in [2.45, 2.75) is 97.8 Å². The van der Waals surface area contributed by atoms with Crippen LogP contribution in [0.3, 0.4) is 0 Å². The molecule has 3 heteroatoms. The lowest BCUT2D eigenvalue weighted by Crippen LogP contribution is -2.61. The zero-order chi connectivity index (χ0) is 48.8. The van der Waals surface area contributed by atoms with Crippen molar-refractivity contribution in [3.8, 4) is 44.5 Å². The summed E-state index contributed by atoms with van der Waals surface area (Å²) in [6.45, 7) is 6.97.